The van der Waals surface area contributed by atoms with Crippen LogP contribution in [0.25, 0.3) is 22.5 Å². The number of hydrogen-bond acceptors (Lipinski definition) is 5. The van der Waals surface area contributed by atoms with Crippen molar-refractivity contribution in [3.63, 3.8) is 0 Å². The number of carbonyl (C=O) groups excluding carboxylic acids is 2. The molecular formula is C29H38N8O2. The Kier molecular flexibility index (Phi) is 8.32. The summed E-state index contributed by atoms with van der Waals surface area (Å²) in [6.45, 7) is 6.21. The maximum Gasteiger partial charge on any atom is 0.270 e. The Bertz CT molecular complexity index is 1420. The summed E-state index contributed by atoms with van der Waals surface area (Å²) in [7, 11) is 3.68. The number of aromatic nitrogens is 6. The molecule has 3 aromatic heterocycles. The van der Waals surface area contributed by atoms with E-state index in [0.717, 1.165) is 47.5 Å². The van der Waals surface area contributed by atoms with Crippen molar-refractivity contribution in [1.82, 2.24) is 34.8 Å². The van der Waals surface area contributed by atoms with Gasteiger partial charge in [0.05, 0.1) is 29.3 Å². The van der Waals surface area contributed by atoms with Gasteiger partial charge in [0.25, 0.3) is 5.91 Å². The smallest absolute Gasteiger partial charge is 0.270 e. The molecule has 1 atom stereocenters. The van der Waals surface area contributed by atoms with Crippen molar-refractivity contribution in [2.24, 2.45) is 19.8 Å². The Labute approximate surface area is 229 Å². The van der Waals surface area contributed by atoms with Gasteiger partial charge in [0.2, 0.25) is 5.91 Å². The molecule has 3 heterocycles. The number of carbonyl (C=O) groups is 2. The van der Waals surface area contributed by atoms with E-state index in [2.05, 4.69) is 46.3 Å². The molecule has 39 heavy (non-hydrogen) atoms. The van der Waals surface area contributed by atoms with Crippen molar-refractivity contribution < 1.29 is 9.59 Å². The number of nitrogens with zero attached hydrogens (tertiary/aromatic N) is 5. The van der Waals surface area contributed by atoms with Crippen molar-refractivity contribution in [3.8, 4) is 22.5 Å². The van der Waals surface area contributed by atoms with Gasteiger partial charge in [-0.25, -0.2) is 4.98 Å². The average molecular weight is 531 g/mol. The molecule has 1 aromatic carbocycles. The van der Waals surface area contributed by atoms with Crippen molar-refractivity contribution in [2.45, 2.75) is 64.3 Å². The van der Waals surface area contributed by atoms with E-state index >= 15 is 0 Å². The zero-order valence-electron chi connectivity index (χ0n) is 23.4. The van der Waals surface area contributed by atoms with Gasteiger partial charge in [0, 0.05) is 37.7 Å². The molecule has 0 unspecified atom stereocenters. The lowest BCUT2D eigenvalue weighted by Gasteiger charge is -2.17. The number of benzene rings is 1. The van der Waals surface area contributed by atoms with Gasteiger partial charge in [0.1, 0.15) is 11.5 Å². The van der Waals surface area contributed by atoms with Gasteiger partial charge in [-0.3, -0.25) is 19.0 Å². The molecule has 2 amide bonds. The molecule has 10 nitrogen and oxygen atoms in total. The Morgan fingerprint density at radius 1 is 1.03 bits per heavy atom. The molecule has 0 saturated carbocycles. The third-order valence-corrected chi connectivity index (χ3v) is 6.73. The molecule has 0 aliphatic heterocycles. The summed E-state index contributed by atoms with van der Waals surface area (Å²) in [4.78, 5) is 32.5. The van der Waals surface area contributed by atoms with Gasteiger partial charge < -0.3 is 16.0 Å². The lowest BCUT2D eigenvalue weighted by atomic mass is 9.92. The van der Waals surface area contributed by atoms with Crippen LogP contribution in [-0.2, 0) is 24.3 Å². The fraction of sp³-hybridized carbons (Fsp3) is 0.414. The van der Waals surface area contributed by atoms with Crippen LogP contribution in [0.4, 0.5) is 0 Å². The molecule has 0 radical (unpaired) electrons. The molecule has 0 bridgehead atoms. The van der Waals surface area contributed by atoms with Gasteiger partial charge in [-0.1, -0.05) is 57.9 Å². The molecule has 0 fully saturated rings. The zero-order valence-corrected chi connectivity index (χ0v) is 23.4. The Morgan fingerprint density at radius 2 is 1.74 bits per heavy atom. The van der Waals surface area contributed by atoms with Crippen LogP contribution in [0.5, 0.6) is 0 Å². The van der Waals surface area contributed by atoms with E-state index in [1.807, 2.05) is 49.6 Å². The van der Waals surface area contributed by atoms with Crippen LogP contribution in [0.15, 0.2) is 48.8 Å². The summed E-state index contributed by atoms with van der Waals surface area (Å²) >= 11 is 0. The third-order valence-electron chi connectivity index (χ3n) is 6.73. The maximum atomic E-state index is 13.3. The first-order valence-corrected chi connectivity index (χ1v) is 13.3. The predicted octanol–water partition coefficient (Wildman–Crippen LogP) is 4.42. The second-order valence-corrected chi connectivity index (χ2v) is 11.0. The van der Waals surface area contributed by atoms with Crippen LogP contribution >= 0.6 is 0 Å². The second-order valence-electron chi connectivity index (χ2n) is 11.0. The van der Waals surface area contributed by atoms with Crippen molar-refractivity contribution in [2.75, 3.05) is 0 Å². The molecule has 0 saturated heterocycles. The van der Waals surface area contributed by atoms with Gasteiger partial charge in [-0.05, 0) is 30.5 Å². The number of rotatable bonds is 11. The van der Waals surface area contributed by atoms with Gasteiger partial charge in [-0.15, -0.1) is 0 Å². The molecule has 0 aliphatic carbocycles. The summed E-state index contributed by atoms with van der Waals surface area (Å²) in [6, 6.07) is 11.6. The monoisotopic (exact) mass is 530 g/mol. The third kappa shape index (κ3) is 7.01. The van der Waals surface area contributed by atoms with Crippen molar-refractivity contribution >= 4 is 11.8 Å². The molecule has 4 aromatic rings. The van der Waals surface area contributed by atoms with E-state index in [4.69, 9.17) is 5.73 Å². The first-order chi connectivity index (χ1) is 18.5. The minimum atomic E-state index is -0.333. The normalized spacial score (nSPS) is 12.4. The van der Waals surface area contributed by atoms with Crippen LogP contribution in [0.2, 0.25) is 0 Å². The lowest BCUT2D eigenvalue weighted by Crippen LogP contribution is -2.30. The molecule has 4 N–H and O–H groups in total. The fourth-order valence-corrected chi connectivity index (χ4v) is 4.43. The quantitative estimate of drug-likeness (QED) is 0.247. The van der Waals surface area contributed by atoms with Crippen LogP contribution in [0.3, 0.4) is 0 Å². The van der Waals surface area contributed by atoms with E-state index in [1.165, 1.54) is 0 Å². The number of aromatic amines is 1. The highest BCUT2D eigenvalue weighted by Crippen LogP contribution is 2.26. The second kappa shape index (κ2) is 11.7. The van der Waals surface area contributed by atoms with Gasteiger partial charge in [0.15, 0.2) is 0 Å². The summed E-state index contributed by atoms with van der Waals surface area (Å²) in [5.74, 6) is 0.177. The summed E-state index contributed by atoms with van der Waals surface area (Å²) in [5, 5.41) is 12.2. The number of unbranched alkanes of at least 4 members (excludes halogenated alkanes) is 2. The highest BCUT2D eigenvalue weighted by Gasteiger charge is 2.24. The molecule has 206 valence electrons. The highest BCUT2D eigenvalue weighted by molar-refractivity contribution is 5.93. The minimum absolute atomic E-state index is 0.168. The molecular weight excluding hydrogens is 492 g/mol. The topological polar surface area (TPSA) is 137 Å². The largest absolute Gasteiger partial charge is 0.370 e. The standard InChI is InChI=1S/C29H38N8O2/c1-29(2,3)25-17-24(37(5)35-25)28(39)33-22(9-7-6-8-10-26(30)38)27-31-18-23(32-27)20-13-11-19(12-14-20)21-15-16-36(4)34-21/h11-18,22H,6-10H2,1-5H3,(H2,30,38)(H,31,32)(H,33,39)/t22-/m0/s1. The number of aryl methyl sites for hydroxylation is 2. The van der Waals surface area contributed by atoms with E-state index in [-0.39, 0.29) is 23.3 Å². The summed E-state index contributed by atoms with van der Waals surface area (Å²) in [6.07, 6.45) is 7.10. The number of imidazole rings is 1. The van der Waals surface area contributed by atoms with Crippen LogP contribution in [-0.4, -0.2) is 41.3 Å². The number of amides is 2. The predicted molar refractivity (Wildman–Crippen MR) is 151 cm³/mol. The zero-order chi connectivity index (χ0) is 28.2. The molecule has 0 spiro atoms. The Hall–Kier alpha value is -4.21. The lowest BCUT2D eigenvalue weighted by molar-refractivity contribution is -0.118. The highest BCUT2D eigenvalue weighted by atomic mass is 16.2. The Balaban J connectivity index is 1.52. The van der Waals surface area contributed by atoms with E-state index in [9.17, 15) is 9.59 Å². The maximum absolute atomic E-state index is 13.3. The molecule has 4 rings (SSSR count). The van der Waals surface area contributed by atoms with E-state index in [0.29, 0.717) is 24.4 Å². The van der Waals surface area contributed by atoms with Crippen molar-refractivity contribution in [3.05, 3.63) is 66.0 Å². The van der Waals surface area contributed by atoms with E-state index < -0.39 is 0 Å². The number of nitrogens with two attached hydrogens (primary N) is 1. The number of hydrogen-bond donors (Lipinski definition) is 3. The van der Waals surface area contributed by atoms with Crippen molar-refractivity contribution in [1.29, 1.82) is 0 Å². The van der Waals surface area contributed by atoms with Gasteiger partial charge >= 0.3 is 0 Å². The Morgan fingerprint density at radius 3 is 2.36 bits per heavy atom. The van der Waals surface area contributed by atoms with Crippen LogP contribution < -0.4 is 11.1 Å². The number of H-pyrrole nitrogens is 1. The van der Waals surface area contributed by atoms with Crippen LogP contribution in [0, 0.1) is 0 Å². The van der Waals surface area contributed by atoms with Crippen LogP contribution in [0.1, 0.15) is 80.9 Å². The fourth-order valence-electron chi connectivity index (χ4n) is 4.43. The van der Waals surface area contributed by atoms with Gasteiger partial charge in [-0.2, -0.15) is 10.2 Å². The SMILES string of the molecule is Cn1ccc(-c2ccc(-c3cnc([C@H](CCCCCC(N)=O)NC(=O)c4cc(C(C)(C)C)nn4C)[nH]3)cc2)n1. The number of primary amides is 1. The number of nitrogens with one attached hydrogen (secondary N) is 2. The average Bonchev–Trinajstić information content (AvgIpc) is 3.62. The molecule has 0 aliphatic rings. The summed E-state index contributed by atoms with van der Waals surface area (Å²) in [5.41, 5.74) is 10.3. The summed E-state index contributed by atoms with van der Waals surface area (Å²) < 4.78 is 3.40. The first kappa shape index (κ1) is 27.8. The molecule has 10 heteroatoms. The minimum Gasteiger partial charge on any atom is -0.370 e. The first-order valence-electron chi connectivity index (χ1n) is 13.3. The van der Waals surface area contributed by atoms with E-state index in [1.54, 1.807) is 22.6 Å².